The molecule has 0 aromatic carbocycles. The summed E-state index contributed by atoms with van der Waals surface area (Å²) in [5.41, 5.74) is 5.01. The smallest absolute Gasteiger partial charge is 0.0594 e. The number of hydrogen-bond donors (Lipinski definition) is 1. The fraction of sp³-hybridized carbons (Fsp3) is 0.938. The highest BCUT2D eigenvalue weighted by atomic mass is 16.3. The fourth-order valence-electron chi connectivity index (χ4n) is 10.7. The molecule has 2 saturated carbocycles. The Hall–Kier alpha value is -0.340. The van der Waals surface area contributed by atoms with Gasteiger partial charge in [0.25, 0.3) is 0 Å². The summed E-state index contributed by atoms with van der Waals surface area (Å²) in [6.45, 7) is 19.3. The number of aliphatic hydroxyl groups excluding tert-OH is 1. The first-order chi connectivity index (χ1) is 16.0. The summed E-state index contributed by atoms with van der Waals surface area (Å²) in [4.78, 5) is 2.73. The van der Waals surface area contributed by atoms with Gasteiger partial charge in [0.15, 0.2) is 0 Å². The highest BCUT2D eigenvalue weighted by molar-refractivity contribution is 5.38. The Morgan fingerprint density at radius 1 is 0.882 bits per heavy atom. The summed E-state index contributed by atoms with van der Waals surface area (Å²) >= 11 is 0. The summed E-state index contributed by atoms with van der Waals surface area (Å²) in [7, 11) is 0. The number of piperidine rings is 1. The minimum atomic E-state index is -0.126. The Labute approximate surface area is 211 Å². The molecule has 0 radical (unpaired) electrons. The van der Waals surface area contributed by atoms with Crippen molar-refractivity contribution in [2.75, 3.05) is 19.6 Å². The quantitative estimate of drug-likeness (QED) is 0.412. The van der Waals surface area contributed by atoms with Crippen molar-refractivity contribution in [3.05, 3.63) is 11.1 Å². The van der Waals surface area contributed by atoms with E-state index in [-0.39, 0.29) is 11.5 Å². The average molecular weight is 470 g/mol. The van der Waals surface area contributed by atoms with Gasteiger partial charge in [-0.1, -0.05) is 59.1 Å². The summed E-state index contributed by atoms with van der Waals surface area (Å²) in [5.74, 6) is 2.39. The molecule has 1 saturated heterocycles. The Morgan fingerprint density at radius 3 is 2.35 bits per heavy atom. The zero-order valence-corrected chi connectivity index (χ0v) is 23.5. The number of allylic oxidation sites excluding steroid dienone is 2. The van der Waals surface area contributed by atoms with E-state index in [9.17, 15) is 5.11 Å². The van der Waals surface area contributed by atoms with E-state index >= 15 is 0 Å². The van der Waals surface area contributed by atoms with Crippen molar-refractivity contribution >= 4 is 0 Å². The van der Waals surface area contributed by atoms with Gasteiger partial charge in [0.05, 0.1) is 6.10 Å². The van der Waals surface area contributed by atoms with Crippen LogP contribution in [0.15, 0.2) is 11.1 Å². The van der Waals surface area contributed by atoms with E-state index in [2.05, 4.69) is 46.4 Å². The molecule has 0 aromatic rings. The van der Waals surface area contributed by atoms with E-state index in [4.69, 9.17) is 0 Å². The molecule has 2 nitrogen and oxygen atoms in total. The molecule has 0 amide bonds. The van der Waals surface area contributed by atoms with Gasteiger partial charge >= 0.3 is 0 Å². The molecular weight excluding hydrogens is 414 g/mol. The van der Waals surface area contributed by atoms with Gasteiger partial charge in [-0.2, -0.15) is 0 Å². The second kappa shape index (κ2) is 8.90. The van der Waals surface area contributed by atoms with Gasteiger partial charge in [0, 0.05) is 0 Å². The molecule has 1 N–H and O–H groups in total. The van der Waals surface area contributed by atoms with Crippen molar-refractivity contribution in [2.24, 2.45) is 39.4 Å². The minimum absolute atomic E-state index is 0.0499. The maximum atomic E-state index is 10.9. The van der Waals surface area contributed by atoms with Crippen LogP contribution in [-0.2, 0) is 0 Å². The SMILES string of the molecule is C[C@H](CCCN1CCCCC1)[C@H]1CC[C@@]2(C)C3=C(CC[C@]12C)[C@@]1(C)CC[C@H](O)C(C)(C)[C@@H]1CC3. The largest absolute Gasteiger partial charge is 0.393 e. The molecule has 34 heavy (non-hydrogen) atoms. The molecule has 2 heteroatoms. The highest BCUT2D eigenvalue weighted by Gasteiger charge is 2.63. The van der Waals surface area contributed by atoms with Crippen LogP contribution in [0, 0.1) is 39.4 Å². The van der Waals surface area contributed by atoms with E-state index in [0.717, 1.165) is 18.3 Å². The molecule has 0 bridgehead atoms. The van der Waals surface area contributed by atoms with E-state index in [1.54, 1.807) is 0 Å². The van der Waals surface area contributed by atoms with Gasteiger partial charge in [0.1, 0.15) is 0 Å². The number of rotatable bonds is 5. The number of nitrogens with zero attached hydrogens (tertiary/aromatic N) is 1. The summed E-state index contributed by atoms with van der Waals surface area (Å²) in [5, 5.41) is 10.9. The van der Waals surface area contributed by atoms with E-state index in [0.29, 0.717) is 22.2 Å². The van der Waals surface area contributed by atoms with Crippen molar-refractivity contribution in [1.82, 2.24) is 4.90 Å². The Kier molecular flexibility index (Phi) is 6.62. The molecular formula is C32H55NO. The normalized spacial score (nSPS) is 45.4. The van der Waals surface area contributed by atoms with Gasteiger partial charge in [-0.25, -0.2) is 0 Å². The lowest BCUT2D eigenvalue weighted by atomic mass is 9.43. The van der Waals surface area contributed by atoms with Crippen molar-refractivity contribution < 1.29 is 5.11 Å². The van der Waals surface area contributed by atoms with Gasteiger partial charge in [-0.3, -0.25) is 0 Å². The first-order valence-electron chi connectivity index (χ1n) is 15.2. The predicted molar refractivity (Wildman–Crippen MR) is 144 cm³/mol. The molecule has 0 unspecified atom stereocenters. The van der Waals surface area contributed by atoms with Crippen LogP contribution in [0.25, 0.3) is 0 Å². The van der Waals surface area contributed by atoms with Crippen molar-refractivity contribution in [3.63, 3.8) is 0 Å². The average Bonchev–Trinajstić information content (AvgIpc) is 3.09. The minimum Gasteiger partial charge on any atom is -0.393 e. The number of aliphatic hydroxyl groups is 1. The van der Waals surface area contributed by atoms with Crippen LogP contribution in [0.3, 0.4) is 0 Å². The zero-order valence-electron chi connectivity index (χ0n) is 23.5. The van der Waals surface area contributed by atoms with Crippen LogP contribution in [0.5, 0.6) is 0 Å². The molecule has 5 rings (SSSR count). The third-order valence-electron chi connectivity index (χ3n) is 13.1. The fourth-order valence-corrected chi connectivity index (χ4v) is 10.7. The van der Waals surface area contributed by atoms with Gasteiger partial charge in [-0.05, 0) is 136 Å². The molecule has 7 atom stereocenters. The van der Waals surface area contributed by atoms with Crippen LogP contribution in [-0.4, -0.2) is 35.7 Å². The monoisotopic (exact) mass is 469 g/mol. The van der Waals surface area contributed by atoms with Crippen LogP contribution < -0.4 is 0 Å². The second-order valence-electron chi connectivity index (χ2n) is 14.8. The second-order valence-corrected chi connectivity index (χ2v) is 14.8. The number of hydrogen-bond acceptors (Lipinski definition) is 2. The Bertz CT molecular complexity index is 793. The maximum absolute atomic E-state index is 10.9. The molecule has 1 heterocycles. The molecule has 4 aliphatic carbocycles. The maximum Gasteiger partial charge on any atom is 0.0594 e. The van der Waals surface area contributed by atoms with Crippen molar-refractivity contribution in [3.8, 4) is 0 Å². The van der Waals surface area contributed by atoms with Crippen LogP contribution in [0.1, 0.15) is 125 Å². The summed E-state index contributed by atoms with van der Waals surface area (Å²) < 4.78 is 0. The Balaban J connectivity index is 1.33. The lowest BCUT2D eigenvalue weighted by molar-refractivity contribution is -0.0962. The van der Waals surface area contributed by atoms with Gasteiger partial charge in [0.2, 0.25) is 0 Å². The molecule has 0 aromatic heterocycles. The van der Waals surface area contributed by atoms with E-state index < -0.39 is 0 Å². The lowest BCUT2D eigenvalue weighted by Gasteiger charge is -2.62. The highest BCUT2D eigenvalue weighted by Crippen LogP contribution is 2.72. The summed E-state index contributed by atoms with van der Waals surface area (Å²) in [6.07, 6.45) is 17.3. The van der Waals surface area contributed by atoms with Crippen molar-refractivity contribution in [1.29, 1.82) is 0 Å². The molecule has 3 fully saturated rings. The summed E-state index contributed by atoms with van der Waals surface area (Å²) in [6, 6.07) is 0. The number of likely N-dealkylation sites (tertiary alicyclic amines) is 1. The number of fused-ring (bicyclic) bond motifs is 4. The first-order valence-corrected chi connectivity index (χ1v) is 15.2. The van der Waals surface area contributed by atoms with Gasteiger partial charge in [-0.15, -0.1) is 0 Å². The lowest BCUT2D eigenvalue weighted by Crippen LogP contribution is -2.55. The zero-order chi connectivity index (χ0) is 24.4. The van der Waals surface area contributed by atoms with Crippen LogP contribution >= 0.6 is 0 Å². The third-order valence-corrected chi connectivity index (χ3v) is 13.1. The molecule has 5 aliphatic rings. The van der Waals surface area contributed by atoms with E-state index in [1.165, 1.54) is 96.7 Å². The molecule has 194 valence electrons. The third kappa shape index (κ3) is 3.70. The van der Waals surface area contributed by atoms with Crippen LogP contribution in [0.2, 0.25) is 0 Å². The standard InChI is InChI=1S/C32H55NO/c1-23(11-10-22-33-20-8-7-9-21-33)24-14-18-32(6)26-12-13-27-29(2,3)28(34)16-17-30(27,4)25(26)15-19-31(24,32)5/h23-24,27-28,34H,7-22H2,1-6H3/t23-,24-,27+,28+,30-,31-,32+/m1/s1. The predicted octanol–water partition coefficient (Wildman–Crippen LogP) is 8.00. The molecule has 1 aliphatic heterocycles. The Morgan fingerprint density at radius 2 is 1.62 bits per heavy atom. The van der Waals surface area contributed by atoms with E-state index in [1.807, 2.05) is 11.1 Å². The van der Waals surface area contributed by atoms with Gasteiger partial charge < -0.3 is 10.0 Å². The van der Waals surface area contributed by atoms with Crippen molar-refractivity contribution in [2.45, 2.75) is 131 Å². The first kappa shape index (κ1) is 25.3. The van der Waals surface area contributed by atoms with Crippen LogP contribution in [0.4, 0.5) is 0 Å². The topological polar surface area (TPSA) is 23.5 Å². The molecule has 0 spiro atoms.